The van der Waals surface area contributed by atoms with Crippen molar-refractivity contribution >= 4 is 35.1 Å². The van der Waals surface area contributed by atoms with Crippen LogP contribution in [0, 0.1) is 33.5 Å². The molecule has 4 aliphatic rings. The van der Waals surface area contributed by atoms with Gasteiger partial charge >= 0.3 is 11.9 Å². The Labute approximate surface area is 649 Å². The van der Waals surface area contributed by atoms with E-state index in [0.717, 1.165) is 104 Å². The number of ether oxygens (including phenoxy) is 2. The van der Waals surface area contributed by atoms with Gasteiger partial charge in [0, 0.05) is 24.7 Å². The summed E-state index contributed by atoms with van der Waals surface area (Å²) in [7, 11) is 0. The summed E-state index contributed by atoms with van der Waals surface area (Å²) in [5.74, 6) is -1.93. The van der Waals surface area contributed by atoms with Gasteiger partial charge in [0.2, 0.25) is 0 Å². The minimum atomic E-state index is -0.839. The molecule has 0 aromatic heterocycles. The Kier molecular flexibility index (Phi) is 39.6. The number of unbranched alkanes of at least 4 members (excludes halogenated alkanes) is 2. The third-order valence-corrected chi connectivity index (χ3v) is 20.3. The molecular weight excluding hydrogens is 1350 g/mol. The number of aliphatic hydroxyl groups excluding tert-OH is 2. The standard InChI is InChI=1S/C52H76N4O6.C42H56O4/c1-35(21-17-23-37(3)27-29-41-39(5)47(57)45(33-51(41,7)8)61-49(59)43(55)25-13-15-31-53)19-11-12-20-36(2)22-18-24-38(4)28-30-42-40(6)48(58)46(34-52(42,9)10)62-50(60)44(56)26-14-16-32-54;1-29(17-13-19-31(3)21-23-37-33(5)39(45)35(27-43)25-41(37,7)8)15-11-12-16-30(2)18-14-20-32(4)22-24-38-34(6)40(46)36(28-44)26-42(38,9)10/h11-12,17-24,27-30,43-46H,13-16,25-26,31-34,53-56H2,1-10H3;11-24,35-36,43-44H,25-28H2,1-10H3/b12-11+,21-17+,22-18+,29-27+,30-28+,35-19+,36-20+,37-23+,38-24+;12-11+,17-13+,18-14+,23-21+,24-22+,29-15+,30-16+,31-19+,32-20+. The zero-order valence-electron chi connectivity index (χ0n) is 69.0. The molecule has 0 aliphatic heterocycles. The average Bonchev–Trinajstić information content (AvgIpc) is 0.804. The highest BCUT2D eigenvalue weighted by atomic mass is 16.6. The second-order valence-corrected chi connectivity index (χ2v) is 32.2. The van der Waals surface area contributed by atoms with E-state index in [4.69, 9.17) is 32.4 Å². The lowest BCUT2D eigenvalue weighted by Gasteiger charge is -2.36. The fraction of sp³-hybridized carbons (Fsp3) is 0.468. The van der Waals surface area contributed by atoms with E-state index < -0.39 is 36.2 Å². The van der Waals surface area contributed by atoms with Crippen molar-refractivity contribution in [3.8, 4) is 0 Å². The van der Waals surface area contributed by atoms with Crippen molar-refractivity contribution in [1.29, 1.82) is 0 Å². The lowest BCUT2D eigenvalue weighted by molar-refractivity contribution is -0.157. The van der Waals surface area contributed by atoms with Gasteiger partial charge in [0.15, 0.2) is 35.3 Å². The Morgan fingerprint density at radius 3 is 0.833 bits per heavy atom. The zero-order chi connectivity index (χ0) is 81.3. The molecule has 10 N–H and O–H groups in total. The van der Waals surface area contributed by atoms with Crippen molar-refractivity contribution < 1.29 is 48.5 Å². The molecule has 6 atom stereocenters. The van der Waals surface area contributed by atoms with Crippen LogP contribution in [0.3, 0.4) is 0 Å². The minimum absolute atomic E-state index is 0.0550. The second-order valence-electron chi connectivity index (χ2n) is 32.2. The Bertz CT molecular complexity index is 3680. The van der Waals surface area contributed by atoms with E-state index in [0.29, 0.717) is 62.8 Å². The number of esters is 2. The molecular formula is C94H132N4O10. The fourth-order valence-corrected chi connectivity index (χ4v) is 13.8. The molecule has 0 saturated heterocycles. The summed E-state index contributed by atoms with van der Waals surface area (Å²) in [4.78, 5) is 76.7. The molecule has 0 aromatic rings. The summed E-state index contributed by atoms with van der Waals surface area (Å²) in [5.41, 5.74) is 37.4. The average molecular weight is 1480 g/mol. The number of hydrogen-bond acceptors (Lipinski definition) is 14. The van der Waals surface area contributed by atoms with Crippen LogP contribution in [0.4, 0.5) is 0 Å². The highest BCUT2D eigenvalue weighted by Gasteiger charge is 2.43. The first-order chi connectivity index (χ1) is 50.7. The number of nitrogens with two attached hydrogens (primary N) is 4. The molecule has 0 fully saturated rings. The molecule has 0 amide bonds. The number of carbonyl (C=O) groups excluding carboxylic acids is 6. The smallest absolute Gasteiger partial charge is 0.323 e. The van der Waals surface area contributed by atoms with Crippen molar-refractivity contribution in [2.45, 2.75) is 227 Å². The summed E-state index contributed by atoms with van der Waals surface area (Å²) in [6.45, 7) is 41.3. The van der Waals surface area contributed by atoms with Crippen LogP contribution in [0.25, 0.3) is 0 Å². The van der Waals surface area contributed by atoms with Crippen LogP contribution >= 0.6 is 0 Å². The van der Waals surface area contributed by atoms with Gasteiger partial charge in [-0.05, 0) is 201 Å². The van der Waals surface area contributed by atoms with Crippen molar-refractivity contribution in [3.05, 3.63) is 259 Å². The Morgan fingerprint density at radius 2 is 0.593 bits per heavy atom. The third kappa shape index (κ3) is 31.0. The molecule has 108 heavy (non-hydrogen) atoms. The van der Waals surface area contributed by atoms with Gasteiger partial charge in [-0.2, -0.15) is 0 Å². The van der Waals surface area contributed by atoms with Crippen molar-refractivity contribution in [2.24, 2.45) is 56.4 Å². The van der Waals surface area contributed by atoms with Gasteiger partial charge in [-0.15, -0.1) is 0 Å². The summed E-state index contributed by atoms with van der Waals surface area (Å²) in [6, 6.07) is -1.52. The van der Waals surface area contributed by atoms with Crippen LogP contribution in [0.15, 0.2) is 259 Å². The Morgan fingerprint density at radius 1 is 0.370 bits per heavy atom. The molecule has 6 unspecified atom stereocenters. The largest absolute Gasteiger partial charge is 0.453 e. The summed E-state index contributed by atoms with van der Waals surface area (Å²) >= 11 is 0. The van der Waals surface area contributed by atoms with Gasteiger partial charge in [-0.3, -0.25) is 28.8 Å². The molecule has 0 saturated carbocycles. The number of carbonyl (C=O) groups is 6. The molecule has 14 nitrogen and oxygen atoms in total. The molecule has 0 bridgehead atoms. The van der Waals surface area contributed by atoms with Crippen LogP contribution < -0.4 is 22.9 Å². The highest BCUT2D eigenvalue weighted by Crippen LogP contribution is 2.45. The first-order valence-electron chi connectivity index (χ1n) is 38.4. The van der Waals surface area contributed by atoms with E-state index in [1.807, 2.05) is 165 Å². The van der Waals surface area contributed by atoms with Gasteiger partial charge in [0.1, 0.15) is 12.1 Å². The van der Waals surface area contributed by atoms with Crippen LogP contribution in [0.1, 0.15) is 203 Å². The van der Waals surface area contributed by atoms with Gasteiger partial charge in [0.05, 0.1) is 13.2 Å². The van der Waals surface area contributed by atoms with Crippen LogP contribution in [-0.2, 0) is 38.2 Å². The Balaban J connectivity index is 0.000000585. The fourth-order valence-electron chi connectivity index (χ4n) is 13.8. The zero-order valence-corrected chi connectivity index (χ0v) is 69.0. The summed E-state index contributed by atoms with van der Waals surface area (Å²) < 4.78 is 11.2. The molecule has 14 heteroatoms. The van der Waals surface area contributed by atoms with Crippen LogP contribution in [-0.4, -0.2) is 95.9 Å². The molecule has 4 rings (SSSR count). The molecule has 588 valence electrons. The number of aliphatic hydroxyl groups is 2. The summed E-state index contributed by atoms with van der Waals surface area (Å²) in [5, 5.41) is 19.1. The quantitative estimate of drug-likeness (QED) is 0.0199. The van der Waals surface area contributed by atoms with Crippen LogP contribution in [0.2, 0.25) is 0 Å². The van der Waals surface area contributed by atoms with E-state index in [9.17, 15) is 39.0 Å². The van der Waals surface area contributed by atoms with Gasteiger partial charge in [-0.25, -0.2) is 0 Å². The van der Waals surface area contributed by atoms with Crippen molar-refractivity contribution in [2.75, 3.05) is 26.3 Å². The number of hydrogen-bond donors (Lipinski definition) is 6. The summed E-state index contributed by atoms with van der Waals surface area (Å²) in [6.07, 6.45) is 61.3. The third-order valence-electron chi connectivity index (χ3n) is 20.3. The van der Waals surface area contributed by atoms with E-state index >= 15 is 0 Å². The van der Waals surface area contributed by atoms with E-state index in [1.54, 1.807) is 13.8 Å². The lowest BCUT2D eigenvalue weighted by Crippen LogP contribution is -2.42. The lowest BCUT2D eigenvalue weighted by atomic mass is 9.68. The number of Topliss-reactive ketones (excluding diaryl/α,β-unsaturated/α-hetero) is 4. The molecule has 0 heterocycles. The number of ketones is 4. The molecule has 0 radical (unpaired) electrons. The normalized spacial score (nSPS) is 22.7. The maximum atomic E-state index is 13.2. The molecule has 0 spiro atoms. The maximum Gasteiger partial charge on any atom is 0.323 e. The first kappa shape index (κ1) is 93.9. The maximum absolute atomic E-state index is 13.2. The van der Waals surface area contributed by atoms with E-state index in [1.165, 1.54) is 0 Å². The number of allylic oxidation sites excluding steroid dienone is 42. The van der Waals surface area contributed by atoms with E-state index in [2.05, 4.69) is 130 Å². The van der Waals surface area contributed by atoms with Gasteiger partial charge < -0.3 is 42.6 Å². The predicted molar refractivity (Wildman–Crippen MR) is 449 cm³/mol. The van der Waals surface area contributed by atoms with Crippen molar-refractivity contribution in [1.82, 2.24) is 0 Å². The minimum Gasteiger partial charge on any atom is -0.453 e. The van der Waals surface area contributed by atoms with Gasteiger partial charge in [-0.1, -0.05) is 283 Å². The second kappa shape index (κ2) is 45.6. The van der Waals surface area contributed by atoms with E-state index in [-0.39, 0.29) is 69.8 Å². The molecule has 4 aliphatic carbocycles. The highest BCUT2D eigenvalue weighted by molar-refractivity contribution is 6.03. The van der Waals surface area contributed by atoms with Crippen molar-refractivity contribution in [3.63, 3.8) is 0 Å². The number of rotatable bonds is 34. The Hall–Kier alpha value is -8.34. The predicted octanol–water partition coefficient (Wildman–Crippen LogP) is 18.3. The van der Waals surface area contributed by atoms with Gasteiger partial charge in [0.25, 0.3) is 0 Å². The topological polar surface area (TPSA) is 265 Å². The SMILES string of the molecule is CC1=C(/C=C/C(C)=C/C=C/C(C)=C/C=C/C=C(C)/C=C/C=C(C)/C=C/C2=C(C)C(=O)C(CO)CC2(C)C)C(C)(C)CC(CO)C1=O.CC1=C(/C=C/C(C)=C/C=C/C(C)=C/C=C/C=C(C)/C=C/C=C(C)/C=C/C2=C(C)C(=O)C(OC(=O)C(N)CCCCN)CC2(C)C)C(C)(C)CC(OC(=O)C(N)CCCCN)C1=O. The van der Waals surface area contributed by atoms with Crippen LogP contribution in [0.5, 0.6) is 0 Å². The molecule has 0 aromatic carbocycles. The first-order valence-corrected chi connectivity index (χ1v) is 38.4. The monoisotopic (exact) mass is 1480 g/mol.